The minimum atomic E-state index is -0.946. The lowest BCUT2D eigenvalue weighted by Gasteiger charge is -2.21. The third-order valence-corrected chi connectivity index (χ3v) is 4.94. The number of hydrogen-bond donors (Lipinski definition) is 1. The van der Waals surface area contributed by atoms with E-state index < -0.39 is 11.6 Å². The highest BCUT2D eigenvalue weighted by molar-refractivity contribution is 6.06. The summed E-state index contributed by atoms with van der Waals surface area (Å²) in [6.07, 6.45) is 1.21. The summed E-state index contributed by atoms with van der Waals surface area (Å²) < 4.78 is 1.53. The standard InChI is InChI=1S/C20H20N6O2/c1-20(13-12-15-8-4-2-5-9-15)18(27)25(19(28)21-20)14-17-22-23-24-26(17)16-10-6-3-7-11-16/h2-11H,12-14H2,1H3,(H,21,28)/t20-/m1/s1. The Labute approximate surface area is 162 Å². The van der Waals surface area contributed by atoms with Crippen LogP contribution in [0.15, 0.2) is 60.7 Å². The first kappa shape index (κ1) is 17.8. The lowest BCUT2D eigenvalue weighted by molar-refractivity contribution is -0.131. The van der Waals surface area contributed by atoms with Gasteiger partial charge in [0.05, 0.1) is 12.2 Å². The number of urea groups is 1. The lowest BCUT2D eigenvalue weighted by atomic mass is 9.93. The number of para-hydroxylation sites is 1. The molecule has 1 aliphatic rings. The number of carbonyl (C=O) groups excluding carboxylic acids is 2. The van der Waals surface area contributed by atoms with E-state index >= 15 is 0 Å². The third kappa shape index (κ3) is 3.36. The molecule has 142 valence electrons. The maximum atomic E-state index is 13.0. The molecule has 0 radical (unpaired) electrons. The van der Waals surface area contributed by atoms with E-state index in [1.807, 2.05) is 60.7 Å². The average molecular weight is 376 g/mol. The molecule has 0 unspecified atom stereocenters. The molecule has 1 aliphatic heterocycles. The van der Waals surface area contributed by atoms with Crippen LogP contribution in [0.4, 0.5) is 4.79 Å². The Bertz CT molecular complexity index is 988. The molecule has 3 amide bonds. The molecule has 8 nitrogen and oxygen atoms in total. The van der Waals surface area contributed by atoms with Crippen LogP contribution in [0.1, 0.15) is 24.7 Å². The van der Waals surface area contributed by atoms with Crippen LogP contribution in [0.25, 0.3) is 5.69 Å². The number of benzene rings is 2. The zero-order valence-electron chi connectivity index (χ0n) is 15.4. The summed E-state index contributed by atoms with van der Waals surface area (Å²) in [6.45, 7) is 1.77. The number of tetrazole rings is 1. The molecule has 2 heterocycles. The molecule has 1 aromatic heterocycles. The zero-order chi connectivity index (χ0) is 19.6. The number of carbonyl (C=O) groups is 2. The predicted octanol–water partition coefficient (Wildman–Crippen LogP) is 2.11. The molecular formula is C20H20N6O2. The van der Waals surface area contributed by atoms with Gasteiger partial charge in [0, 0.05) is 0 Å². The van der Waals surface area contributed by atoms with Gasteiger partial charge in [-0.3, -0.25) is 9.69 Å². The maximum absolute atomic E-state index is 13.0. The minimum Gasteiger partial charge on any atom is -0.323 e. The van der Waals surface area contributed by atoms with Crippen molar-refractivity contribution in [2.75, 3.05) is 0 Å². The second-order valence-electron chi connectivity index (χ2n) is 6.98. The largest absolute Gasteiger partial charge is 0.325 e. The maximum Gasteiger partial charge on any atom is 0.325 e. The van der Waals surface area contributed by atoms with Crippen molar-refractivity contribution in [2.24, 2.45) is 0 Å². The summed E-state index contributed by atoms with van der Waals surface area (Å²) in [5.74, 6) is 0.151. The molecule has 1 saturated heterocycles. The number of hydrogen-bond acceptors (Lipinski definition) is 5. The molecular weight excluding hydrogens is 356 g/mol. The van der Waals surface area contributed by atoms with Crippen molar-refractivity contribution < 1.29 is 9.59 Å². The summed E-state index contributed by atoms with van der Waals surface area (Å²) in [5, 5.41) is 14.5. The average Bonchev–Trinajstić information content (AvgIpc) is 3.27. The molecule has 1 atom stereocenters. The van der Waals surface area contributed by atoms with Gasteiger partial charge in [-0.05, 0) is 47.9 Å². The number of rotatable bonds is 6. The number of nitrogens with zero attached hydrogens (tertiary/aromatic N) is 5. The molecule has 0 saturated carbocycles. The monoisotopic (exact) mass is 376 g/mol. The Hall–Kier alpha value is -3.55. The van der Waals surface area contributed by atoms with E-state index in [0.29, 0.717) is 18.7 Å². The molecule has 28 heavy (non-hydrogen) atoms. The van der Waals surface area contributed by atoms with Crippen molar-refractivity contribution in [1.29, 1.82) is 0 Å². The van der Waals surface area contributed by atoms with Crippen LogP contribution in [0, 0.1) is 0 Å². The van der Waals surface area contributed by atoms with Crippen molar-refractivity contribution in [3.63, 3.8) is 0 Å². The van der Waals surface area contributed by atoms with E-state index in [1.165, 1.54) is 9.58 Å². The zero-order valence-corrected chi connectivity index (χ0v) is 15.4. The van der Waals surface area contributed by atoms with E-state index in [4.69, 9.17) is 0 Å². The van der Waals surface area contributed by atoms with Crippen LogP contribution in [0.2, 0.25) is 0 Å². The molecule has 0 bridgehead atoms. The van der Waals surface area contributed by atoms with Crippen molar-refractivity contribution >= 4 is 11.9 Å². The summed E-state index contributed by atoms with van der Waals surface area (Å²) in [6, 6.07) is 18.8. The number of aromatic nitrogens is 4. The van der Waals surface area contributed by atoms with E-state index in [9.17, 15) is 9.59 Å². The van der Waals surface area contributed by atoms with E-state index in [1.54, 1.807) is 6.92 Å². The number of aryl methyl sites for hydroxylation is 1. The highest BCUT2D eigenvalue weighted by Gasteiger charge is 2.47. The minimum absolute atomic E-state index is 0.00743. The molecule has 0 spiro atoms. The summed E-state index contributed by atoms with van der Waals surface area (Å²) >= 11 is 0. The van der Waals surface area contributed by atoms with Gasteiger partial charge in [0.15, 0.2) is 5.82 Å². The number of amides is 3. The first-order valence-corrected chi connectivity index (χ1v) is 9.07. The second kappa shape index (κ2) is 7.22. The Kier molecular flexibility index (Phi) is 4.60. The van der Waals surface area contributed by atoms with Gasteiger partial charge in [-0.15, -0.1) is 5.10 Å². The highest BCUT2D eigenvalue weighted by atomic mass is 16.2. The molecule has 3 aromatic rings. The van der Waals surface area contributed by atoms with Crippen molar-refractivity contribution in [3.05, 3.63) is 72.1 Å². The summed E-state index contributed by atoms with van der Waals surface area (Å²) in [5.41, 5.74) is 0.941. The van der Waals surface area contributed by atoms with Crippen LogP contribution in [0.3, 0.4) is 0 Å². The van der Waals surface area contributed by atoms with Crippen LogP contribution in [0.5, 0.6) is 0 Å². The SMILES string of the molecule is C[C@]1(CCc2ccccc2)NC(=O)N(Cc2nnnn2-c2ccccc2)C1=O. The number of nitrogens with one attached hydrogen (secondary N) is 1. The predicted molar refractivity (Wildman–Crippen MR) is 101 cm³/mol. The van der Waals surface area contributed by atoms with Gasteiger partial charge in [0.25, 0.3) is 5.91 Å². The van der Waals surface area contributed by atoms with Gasteiger partial charge in [0.1, 0.15) is 5.54 Å². The quantitative estimate of drug-likeness (QED) is 0.665. The molecule has 1 N–H and O–H groups in total. The van der Waals surface area contributed by atoms with Gasteiger partial charge in [-0.25, -0.2) is 4.79 Å². The van der Waals surface area contributed by atoms with Crippen molar-refractivity contribution in [3.8, 4) is 5.69 Å². The first-order chi connectivity index (χ1) is 13.6. The lowest BCUT2D eigenvalue weighted by Crippen LogP contribution is -2.44. The van der Waals surface area contributed by atoms with Crippen LogP contribution < -0.4 is 5.32 Å². The molecule has 1 fully saturated rings. The Morgan fingerprint density at radius 1 is 1.00 bits per heavy atom. The smallest absolute Gasteiger partial charge is 0.323 e. The normalized spacial score (nSPS) is 19.1. The van der Waals surface area contributed by atoms with Crippen molar-refractivity contribution in [2.45, 2.75) is 31.8 Å². The summed E-state index contributed by atoms with van der Waals surface area (Å²) in [7, 11) is 0. The van der Waals surface area contributed by atoms with Crippen LogP contribution >= 0.6 is 0 Å². The molecule has 2 aromatic carbocycles. The third-order valence-electron chi connectivity index (χ3n) is 4.94. The van der Waals surface area contributed by atoms with Crippen molar-refractivity contribution in [1.82, 2.24) is 30.4 Å². The molecule has 4 rings (SSSR count). The van der Waals surface area contributed by atoms with E-state index in [0.717, 1.165) is 11.3 Å². The fraction of sp³-hybridized carbons (Fsp3) is 0.250. The highest BCUT2D eigenvalue weighted by Crippen LogP contribution is 2.24. The van der Waals surface area contributed by atoms with E-state index in [-0.39, 0.29) is 12.5 Å². The van der Waals surface area contributed by atoms with Gasteiger partial charge < -0.3 is 5.32 Å². The van der Waals surface area contributed by atoms with Gasteiger partial charge in [0.2, 0.25) is 0 Å². The Morgan fingerprint density at radius 2 is 1.68 bits per heavy atom. The van der Waals surface area contributed by atoms with Gasteiger partial charge in [-0.2, -0.15) is 4.68 Å². The van der Waals surface area contributed by atoms with Gasteiger partial charge in [-0.1, -0.05) is 48.5 Å². The molecule has 8 heteroatoms. The van der Waals surface area contributed by atoms with Gasteiger partial charge >= 0.3 is 6.03 Å². The Balaban J connectivity index is 1.50. The number of imide groups is 1. The van der Waals surface area contributed by atoms with Crippen LogP contribution in [-0.4, -0.2) is 42.6 Å². The topological polar surface area (TPSA) is 93.0 Å². The second-order valence-corrected chi connectivity index (χ2v) is 6.98. The van der Waals surface area contributed by atoms with E-state index in [2.05, 4.69) is 20.8 Å². The molecule has 0 aliphatic carbocycles. The van der Waals surface area contributed by atoms with Crippen LogP contribution in [-0.2, 0) is 17.8 Å². The fourth-order valence-corrected chi connectivity index (χ4v) is 3.31. The first-order valence-electron chi connectivity index (χ1n) is 9.07. The summed E-state index contributed by atoms with van der Waals surface area (Å²) in [4.78, 5) is 26.7. The fourth-order valence-electron chi connectivity index (χ4n) is 3.31. The Morgan fingerprint density at radius 3 is 2.39 bits per heavy atom.